The van der Waals surface area contributed by atoms with Crippen LogP contribution in [0.15, 0.2) is 36.9 Å². The SMILES string of the molecule is C=CCCCC(=O)N1CC[C@@H]2[C@H]3C[C@]4(CCC(O)OC4)[C@H]1[C@@]2(CC(=O)OCC)N(CCCCOCc1ccc(OC)cc1)C3=O. The highest BCUT2D eigenvalue weighted by molar-refractivity contribution is 5.87. The van der Waals surface area contributed by atoms with Gasteiger partial charge in [0, 0.05) is 37.5 Å². The lowest BCUT2D eigenvalue weighted by Gasteiger charge is -2.64. The Labute approximate surface area is 267 Å². The minimum absolute atomic E-state index is 0.0405. The smallest absolute Gasteiger partial charge is 0.308 e. The first-order valence-electron chi connectivity index (χ1n) is 16.7. The Balaban J connectivity index is 1.39. The third-order valence-corrected chi connectivity index (χ3v) is 10.5. The van der Waals surface area contributed by atoms with Crippen molar-refractivity contribution in [1.29, 1.82) is 0 Å². The van der Waals surface area contributed by atoms with Crippen molar-refractivity contribution in [2.75, 3.05) is 40.0 Å². The minimum atomic E-state index is -0.881. The number of rotatable bonds is 15. The first-order chi connectivity index (χ1) is 21.8. The van der Waals surface area contributed by atoms with Crippen molar-refractivity contribution in [1.82, 2.24) is 9.80 Å². The molecule has 0 radical (unpaired) electrons. The highest BCUT2D eigenvalue weighted by Crippen LogP contribution is 2.64. The Morgan fingerprint density at radius 2 is 1.98 bits per heavy atom. The number of likely N-dealkylation sites (tertiary alicyclic amines) is 2. The molecule has 2 amide bonds. The molecule has 4 aliphatic rings. The second kappa shape index (κ2) is 14.6. The van der Waals surface area contributed by atoms with Crippen LogP contribution >= 0.6 is 0 Å². The number of aliphatic hydroxyl groups is 1. The maximum atomic E-state index is 14.3. The van der Waals surface area contributed by atoms with E-state index in [4.69, 9.17) is 18.9 Å². The average molecular weight is 627 g/mol. The molecule has 45 heavy (non-hydrogen) atoms. The van der Waals surface area contributed by atoms with E-state index in [0.717, 1.165) is 24.2 Å². The van der Waals surface area contributed by atoms with Gasteiger partial charge in [0.1, 0.15) is 5.75 Å². The van der Waals surface area contributed by atoms with E-state index < -0.39 is 23.3 Å². The summed E-state index contributed by atoms with van der Waals surface area (Å²) in [4.78, 5) is 45.6. The van der Waals surface area contributed by atoms with Crippen molar-refractivity contribution in [2.24, 2.45) is 17.3 Å². The van der Waals surface area contributed by atoms with Crippen LogP contribution in [-0.2, 0) is 35.2 Å². The topological polar surface area (TPSA) is 115 Å². The van der Waals surface area contributed by atoms with Crippen LogP contribution in [0.2, 0.25) is 0 Å². The first-order valence-corrected chi connectivity index (χ1v) is 16.7. The minimum Gasteiger partial charge on any atom is -0.497 e. The predicted octanol–water partition coefficient (Wildman–Crippen LogP) is 4.23. The van der Waals surface area contributed by atoms with Crippen LogP contribution in [0.1, 0.15) is 76.7 Å². The second-order valence-electron chi connectivity index (χ2n) is 13.1. The number of carbonyl (C=O) groups excluding carboxylic acids is 3. The van der Waals surface area contributed by atoms with Gasteiger partial charge in [-0.2, -0.15) is 0 Å². The number of allylic oxidation sites excluding steroid dienone is 1. The monoisotopic (exact) mass is 626 g/mol. The average Bonchev–Trinajstić information content (AvgIpc) is 3.20. The summed E-state index contributed by atoms with van der Waals surface area (Å²) >= 11 is 0. The number of hydrogen-bond donors (Lipinski definition) is 1. The predicted molar refractivity (Wildman–Crippen MR) is 167 cm³/mol. The van der Waals surface area contributed by atoms with Gasteiger partial charge in [-0.05, 0) is 81.9 Å². The van der Waals surface area contributed by atoms with E-state index in [1.54, 1.807) is 14.0 Å². The summed E-state index contributed by atoms with van der Waals surface area (Å²) in [6, 6.07) is 7.38. The van der Waals surface area contributed by atoms with Crippen LogP contribution in [0.4, 0.5) is 0 Å². The highest BCUT2D eigenvalue weighted by atomic mass is 16.6. The molecule has 6 atom stereocenters. The second-order valence-corrected chi connectivity index (χ2v) is 13.1. The van der Waals surface area contributed by atoms with Crippen molar-refractivity contribution in [3.63, 3.8) is 0 Å². The Kier molecular flexibility index (Phi) is 10.9. The fourth-order valence-corrected chi connectivity index (χ4v) is 8.73. The van der Waals surface area contributed by atoms with Gasteiger partial charge in [-0.25, -0.2) is 0 Å². The van der Waals surface area contributed by atoms with Crippen LogP contribution in [0, 0.1) is 17.3 Å². The molecule has 3 saturated heterocycles. The zero-order chi connectivity index (χ0) is 32.0. The highest BCUT2D eigenvalue weighted by Gasteiger charge is 2.74. The standard InChI is InChI=1S/C35H50N2O8/c1-4-6-7-10-29(38)36-19-16-28-27-21-34(17-15-30(39)45-24-34)33(36)35(28,22-31(40)44-5-2)37(32(27)41)18-8-9-20-43-23-25-11-13-26(42-3)14-12-25/h4,11-14,27-28,30,33,39H,1,5-10,15-24H2,2-3H3/t27-,28-,30?,33+,34+,35+/m1/s1. The van der Waals surface area contributed by atoms with E-state index in [0.29, 0.717) is 71.2 Å². The maximum absolute atomic E-state index is 14.3. The molecular weight excluding hydrogens is 576 g/mol. The molecule has 1 aromatic rings. The van der Waals surface area contributed by atoms with Crippen molar-refractivity contribution in [3.05, 3.63) is 42.5 Å². The zero-order valence-electron chi connectivity index (χ0n) is 26.9. The lowest BCUT2D eigenvalue weighted by atomic mass is 9.51. The number of esters is 1. The number of ether oxygens (including phenoxy) is 4. The van der Waals surface area contributed by atoms with Crippen LogP contribution in [0.3, 0.4) is 0 Å². The Hall–Kier alpha value is -2.95. The van der Waals surface area contributed by atoms with Crippen molar-refractivity contribution in [3.8, 4) is 5.75 Å². The molecule has 1 N–H and O–H groups in total. The van der Waals surface area contributed by atoms with E-state index in [1.165, 1.54) is 0 Å². The van der Waals surface area contributed by atoms with Gasteiger partial charge in [-0.1, -0.05) is 18.2 Å². The number of benzene rings is 1. The van der Waals surface area contributed by atoms with E-state index in [9.17, 15) is 19.5 Å². The number of amides is 2. The normalized spacial score (nSPS) is 30.4. The lowest BCUT2D eigenvalue weighted by molar-refractivity contribution is -0.222. The van der Waals surface area contributed by atoms with Crippen LogP contribution in [0.25, 0.3) is 0 Å². The number of fused-ring (bicyclic) bond motifs is 1. The van der Waals surface area contributed by atoms with Gasteiger partial charge >= 0.3 is 5.97 Å². The summed E-state index contributed by atoms with van der Waals surface area (Å²) in [5.41, 5.74) is -0.356. The molecule has 248 valence electrons. The molecule has 1 aliphatic carbocycles. The molecule has 10 nitrogen and oxygen atoms in total. The number of unbranched alkanes of at least 4 members (excludes halogenated alkanes) is 2. The van der Waals surface area contributed by atoms with Gasteiger partial charge < -0.3 is 33.9 Å². The summed E-state index contributed by atoms with van der Waals surface area (Å²) in [6.45, 7) is 8.15. The molecule has 1 aromatic carbocycles. The molecule has 4 bridgehead atoms. The third kappa shape index (κ3) is 6.65. The Bertz CT molecular complexity index is 1200. The molecule has 0 aromatic heterocycles. The fourth-order valence-electron chi connectivity index (χ4n) is 8.73. The van der Waals surface area contributed by atoms with E-state index in [2.05, 4.69) is 6.58 Å². The molecule has 5 rings (SSSR count). The number of aliphatic hydroxyl groups excluding tert-OH is 1. The van der Waals surface area contributed by atoms with E-state index >= 15 is 0 Å². The number of nitrogens with zero attached hydrogens (tertiary/aromatic N) is 2. The molecule has 4 fully saturated rings. The van der Waals surface area contributed by atoms with Crippen molar-refractivity contribution >= 4 is 17.8 Å². The number of methoxy groups -OCH3 is 1. The Morgan fingerprint density at radius 3 is 2.67 bits per heavy atom. The van der Waals surface area contributed by atoms with E-state index in [1.807, 2.05) is 40.1 Å². The van der Waals surface area contributed by atoms with Crippen molar-refractivity contribution < 1.29 is 38.4 Å². The van der Waals surface area contributed by atoms with Gasteiger partial charge in [0.05, 0.1) is 44.9 Å². The maximum Gasteiger partial charge on any atom is 0.308 e. The van der Waals surface area contributed by atoms with Gasteiger partial charge in [-0.15, -0.1) is 6.58 Å². The summed E-state index contributed by atoms with van der Waals surface area (Å²) in [6.07, 6.45) is 6.61. The first kappa shape index (κ1) is 33.4. The fraction of sp³-hybridized carbons (Fsp3) is 0.686. The van der Waals surface area contributed by atoms with Crippen LogP contribution in [0.5, 0.6) is 5.75 Å². The summed E-state index contributed by atoms with van der Waals surface area (Å²) in [5.74, 6) is 0.259. The molecule has 1 spiro atoms. The molecule has 3 aliphatic heterocycles. The third-order valence-electron chi connectivity index (χ3n) is 10.5. The Morgan fingerprint density at radius 1 is 1.18 bits per heavy atom. The van der Waals surface area contributed by atoms with Gasteiger partial charge in [0.15, 0.2) is 6.29 Å². The molecule has 3 heterocycles. The van der Waals surface area contributed by atoms with Crippen molar-refractivity contribution in [2.45, 2.75) is 95.6 Å². The number of piperidine rings is 1. The summed E-state index contributed by atoms with van der Waals surface area (Å²) < 4.78 is 22.6. The molecule has 10 heteroatoms. The van der Waals surface area contributed by atoms with E-state index in [-0.39, 0.29) is 49.3 Å². The summed E-state index contributed by atoms with van der Waals surface area (Å²) in [7, 11) is 1.64. The number of hydrogen-bond acceptors (Lipinski definition) is 8. The zero-order valence-corrected chi connectivity index (χ0v) is 26.9. The molecule has 1 saturated carbocycles. The largest absolute Gasteiger partial charge is 0.497 e. The van der Waals surface area contributed by atoms with Gasteiger partial charge in [0.25, 0.3) is 0 Å². The molecular formula is C35H50N2O8. The van der Waals surface area contributed by atoms with Crippen LogP contribution < -0.4 is 4.74 Å². The summed E-state index contributed by atoms with van der Waals surface area (Å²) in [5, 5.41) is 10.3. The van der Waals surface area contributed by atoms with Gasteiger partial charge in [-0.3, -0.25) is 14.4 Å². The van der Waals surface area contributed by atoms with Gasteiger partial charge in [0.2, 0.25) is 11.8 Å². The lowest BCUT2D eigenvalue weighted by Crippen LogP contribution is -2.75. The number of carbonyl (C=O) groups is 3. The molecule has 1 unspecified atom stereocenters. The quantitative estimate of drug-likeness (QED) is 0.175. The van der Waals surface area contributed by atoms with Crippen LogP contribution in [-0.4, -0.2) is 90.6 Å².